The van der Waals surface area contributed by atoms with Crippen molar-refractivity contribution < 1.29 is 4.79 Å². The minimum Gasteiger partial charge on any atom is -0.382 e. The number of carbonyl (C=O) groups is 1. The number of benzene rings is 1. The number of hydrogen-bond donors (Lipinski definition) is 3. The third-order valence-electron chi connectivity index (χ3n) is 5.15. The zero-order chi connectivity index (χ0) is 19.3. The monoisotopic (exact) mass is 376 g/mol. The molecule has 9 heteroatoms. The first-order chi connectivity index (χ1) is 13.6. The van der Waals surface area contributed by atoms with Gasteiger partial charge >= 0.3 is 0 Å². The molecule has 0 atom stereocenters. The number of H-pyrrole nitrogens is 2. The Labute approximate surface area is 160 Å². The maximum Gasteiger partial charge on any atom is 0.237 e. The SMILES string of the molecule is CN1CCN(Cc2nc3c(N)nc4cc(-c5cc[nH]n5)ccc4c3[nH]2)C(=O)C1. The summed E-state index contributed by atoms with van der Waals surface area (Å²) in [4.78, 5) is 28.6. The maximum atomic E-state index is 12.3. The van der Waals surface area contributed by atoms with Crippen molar-refractivity contribution in [2.24, 2.45) is 0 Å². The minimum absolute atomic E-state index is 0.105. The highest BCUT2D eigenvalue weighted by Gasteiger charge is 2.23. The lowest BCUT2D eigenvalue weighted by atomic mass is 10.1. The van der Waals surface area contributed by atoms with Crippen molar-refractivity contribution in [1.29, 1.82) is 0 Å². The molecule has 4 N–H and O–H groups in total. The number of piperazine rings is 1. The van der Waals surface area contributed by atoms with Crippen LogP contribution >= 0.6 is 0 Å². The van der Waals surface area contributed by atoms with Gasteiger partial charge in [-0.15, -0.1) is 0 Å². The fourth-order valence-electron chi connectivity index (χ4n) is 3.65. The Morgan fingerprint density at radius 2 is 2.11 bits per heavy atom. The van der Waals surface area contributed by atoms with E-state index in [9.17, 15) is 4.79 Å². The highest BCUT2D eigenvalue weighted by molar-refractivity contribution is 6.07. The number of amides is 1. The molecule has 1 aliphatic heterocycles. The van der Waals surface area contributed by atoms with Gasteiger partial charge in [0.1, 0.15) is 11.3 Å². The number of nitrogens with two attached hydrogens (primary N) is 1. The molecule has 1 aliphatic rings. The summed E-state index contributed by atoms with van der Waals surface area (Å²) in [6.45, 7) is 2.42. The molecule has 1 saturated heterocycles. The average Bonchev–Trinajstić information content (AvgIpc) is 3.34. The van der Waals surface area contributed by atoms with Crippen molar-refractivity contribution in [3.8, 4) is 11.3 Å². The fourth-order valence-corrected chi connectivity index (χ4v) is 3.65. The smallest absolute Gasteiger partial charge is 0.237 e. The second-order valence-electron chi connectivity index (χ2n) is 7.15. The van der Waals surface area contributed by atoms with Crippen LogP contribution in [0.15, 0.2) is 30.5 Å². The standard InChI is InChI=1S/C19H20N8O/c1-26-6-7-27(16(28)10-26)9-15-23-17-12-3-2-11(13-4-5-21-25-13)8-14(12)22-19(20)18(17)24-15/h2-5,8H,6-7,9-10H2,1H3,(H2,20,22)(H,21,25)(H,23,24). The molecule has 1 aromatic carbocycles. The van der Waals surface area contributed by atoms with E-state index in [4.69, 9.17) is 5.73 Å². The normalized spacial score (nSPS) is 15.8. The van der Waals surface area contributed by atoms with E-state index in [1.807, 2.05) is 41.1 Å². The number of nitrogens with zero attached hydrogens (tertiary/aromatic N) is 5. The van der Waals surface area contributed by atoms with Crippen molar-refractivity contribution in [2.75, 3.05) is 32.4 Å². The van der Waals surface area contributed by atoms with E-state index in [0.29, 0.717) is 36.8 Å². The largest absolute Gasteiger partial charge is 0.382 e. The summed E-state index contributed by atoms with van der Waals surface area (Å²) in [6, 6.07) is 7.87. The Hall–Kier alpha value is -3.46. The van der Waals surface area contributed by atoms with Gasteiger partial charge in [-0.1, -0.05) is 6.07 Å². The molecule has 0 unspecified atom stereocenters. The molecular weight excluding hydrogens is 356 g/mol. The quantitative estimate of drug-likeness (QED) is 0.497. The van der Waals surface area contributed by atoms with Crippen LogP contribution in [0.1, 0.15) is 5.82 Å². The summed E-state index contributed by atoms with van der Waals surface area (Å²) in [6.07, 6.45) is 1.78. The van der Waals surface area contributed by atoms with Crippen LogP contribution in [0, 0.1) is 0 Å². The van der Waals surface area contributed by atoms with Crippen LogP contribution < -0.4 is 5.73 Å². The number of fused-ring (bicyclic) bond motifs is 3. The predicted octanol–water partition coefficient (Wildman–Crippen LogP) is 1.36. The molecular formula is C19H20N8O. The molecule has 0 spiro atoms. The Balaban J connectivity index is 1.54. The van der Waals surface area contributed by atoms with Crippen LogP contribution in [-0.4, -0.2) is 67.5 Å². The summed E-state index contributed by atoms with van der Waals surface area (Å²) in [5.41, 5.74) is 10.2. The highest BCUT2D eigenvalue weighted by atomic mass is 16.2. The first-order valence-corrected chi connectivity index (χ1v) is 9.13. The average molecular weight is 376 g/mol. The number of nitrogen functional groups attached to an aromatic ring is 1. The second kappa shape index (κ2) is 6.31. The van der Waals surface area contributed by atoms with Gasteiger partial charge in [-0.25, -0.2) is 9.97 Å². The molecule has 0 saturated carbocycles. The Kier molecular flexibility index (Phi) is 3.76. The number of anilines is 1. The number of hydrogen-bond acceptors (Lipinski definition) is 6. The first-order valence-electron chi connectivity index (χ1n) is 9.13. The van der Waals surface area contributed by atoms with E-state index in [1.54, 1.807) is 6.20 Å². The molecule has 0 bridgehead atoms. The van der Waals surface area contributed by atoms with Gasteiger partial charge in [-0.2, -0.15) is 5.10 Å². The Morgan fingerprint density at radius 3 is 2.89 bits per heavy atom. The predicted molar refractivity (Wildman–Crippen MR) is 106 cm³/mol. The summed E-state index contributed by atoms with van der Waals surface area (Å²) in [5, 5.41) is 7.97. The van der Waals surface area contributed by atoms with Gasteiger partial charge in [0.15, 0.2) is 5.82 Å². The maximum absolute atomic E-state index is 12.3. The zero-order valence-corrected chi connectivity index (χ0v) is 15.4. The molecule has 4 aromatic rings. The van der Waals surface area contributed by atoms with Gasteiger partial charge in [0, 0.05) is 30.2 Å². The molecule has 1 fully saturated rings. The van der Waals surface area contributed by atoms with Gasteiger partial charge < -0.3 is 15.6 Å². The number of nitrogens with one attached hydrogen (secondary N) is 2. The summed E-state index contributed by atoms with van der Waals surface area (Å²) < 4.78 is 0. The number of likely N-dealkylation sites (N-methyl/N-ethyl adjacent to an activating group) is 1. The van der Waals surface area contributed by atoms with Crippen LogP contribution in [0.2, 0.25) is 0 Å². The molecule has 3 aromatic heterocycles. The van der Waals surface area contributed by atoms with Gasteiger partial charge in [0.2, 0.25) is 5.91 Å². The fraction of sp³-hybridized carbons (Fsp3) is 0.263. The van der Waals surface area contributed by atoms with E-state index < -0.39 is 0 Å². The third kappa shape index (κ3) is 2.76. The molecule has 0 radical (unpaired) electrons. The number of pyridine rings is 1. The van der Waals surface area contributed by atoms with Crippen molar-refractivity contribution in [3.05, 3.63) is 36.3 Å². The lowest BCUT2D eigenvalue weighted by molar-refractivity contribution is -0.136. The summed E-state index contributed by atoms with van der Waals surface area (Å²) in [7, 11) is 1.95. The van der Waals surface area contributed by atoms with Gasteiger partial charge in [-0.3, -0.25) is 14.8 Å². The molecule has 0 aliphatic carbocycles. The van der Waals surface area contributed by atoms with Gasteiger partial charge in [-0.05, 0) is 25.2 Å². The lowest BCUT2D eigenvalue weighted by Crippen LogP contribution is -2.48. The van der Waals surface area contributed by atoms with Gasteiger partial charge in [0.25, 0.3) is 0 Å². The lowest BCUT2D eigenvalue weighted by Gasteiger charge is -2.31. The topological polar surface area (TPSA) is 120 Å². The van der Waals surface area contributed by atoms with Crippen LogP contribution in [-0.2, 0) is 11.3 Å². The van der Waals surface area contributed by atoms with Crippen molar-refractivity contribution in [3.63, 3.8) is 0 Å². The van der Waals surface area contributed by atoms with Crippen molar-refractivity contribution in [2.45, 2.75) is 6.54 Å². The van der Waals surface area contributed by atoms with Crippen molar-refractivity contribution in [1.82, 2.24) is 34.9 Å². The second-order valence-corrected chi connectivity index (χ2v) is 7.15. The third-order valence-corrected chi connectivity index (χ3v) is 5.15. The Bertz CT molecular complexity index is 1180. The molecule has 4 heterocycles. The molecule has 28 heavy (non-hydrogen) atoms. The molecule has 142 valence electrons. The molecule has 1 amide bonds. The number of aromatic nitrogens is 5. The Morgan fingerprint density at radius 1 is 1.21 bits per heavy atom. The van der Waals surface area contributed by atoms with E-state index in [-0.39, 0.29) is 5.91 Å². The van der Waals surface area contributed by atoms with E-state index in [2.05, 4.69) is 25.1 Å². The number of carbonyl (C=O) groups excluding carboxylic acids is 1. The van der Waals surface area contributed by atoms with E-state index >= 15 is 0 Å². The van der Waals surface area contributed by atoms with Crippen LogP contribution in [0.4, 0.5) is 5.82 Å². The first kappa shape index (κ1) is 16.7. The zero-order valence-electron chi connectivity index (χ0n) is 15.4. The van der Waals surface area contributed by atoms with Crippen LogP contribution in [0.3, 0.4) is 0 Å². The highest BCUT2D eigenvalue weighted by Crippen LogP contribution is 2.29. The summed E-state index contributed by atoms with van der Waals surface area (Å²) >= 11 is 0. The van der Waals surface area contributed by atoms with E-state index in [0.717, 1.165) is 34.2 Å². The van der Waals surface area contributed by atoms with E-state index in [1.165, 1.54) is 0 Å². The number of aromatic amines is 2. The van der Waals surface area contributed by atoms with Crippen molar-refractivity contribution >= 4 is 33.7 Å². The van der Waals surface area contributed by atoms with Gasteiger partial charge in [0.05, 0.1) is 29.8 Å². The van der Waals surface area contributed by atoms with Crippen LogP contribution in [0.5, 0.6) is 0 Å². The molecule has 5 rings (SSSR count). The summed E-state index contributed by atoms with van der Waals surface area (Å²) in [5.74, 6) is 1.19. The van der Waals surface area contributed by atoms with Crippen LogP contribution in [0.25, 0.3) is 33.2 Å². The minimum atomic E-state index is 0.105. The number of imidazole rings is 1. The molecule has 9 nitrogen and oxygen atoms in total. The number of rotatable bonds is 3.